The smallest absolute Gasteiger partial charge is 0.168 e. The first-order valence-corrected chi connectivity index (χ1v) is 6.92. The van der Waals surface area contributed by atoms with E-state index in [0.717, 1.165) is 11.3 Å². The number of Topliss-reactive ketones (excluding diaryl/α,β-unsaturated/α-hetero) is 1. The molecule has 19 heavy (non-hydrogen) atoms. The molecule has 0 atom stereocenters. The van der Waals surface area contributed by atoms with Crippen molar-refractivity contribution in [3.8, 4) is 5.75 Å². The summed E-state index contributed by atoms with van der Waals surface area (Å²) in [6, 6.07) is 7.63. The van der Waals surface area contributed by atoms with E-state index in [9.17, 15) is 4.79 Å². The standard InChI is InChI=1S/C16H24O3/c1-5-16(6-2,19-7-3)15(17)12-13-9-8-10-14(11-13)18-4/h8-11H,5-7,12H2,1-4H3. The van der Waals surface area contributed by atoms with Crippen molar-refractivity contribution in [2.24, 2.45) is 0 Å². The number of benzene rings is 1. The molecule has 1 aromatic carbocycles. The van der Waals surface area contributed by atoms with Gasteiger partial charge in [-0.05, 0) is 37.5 Å². The van der Waals surface area contributed by atoms with E-state index in [1.807, 2.05) is 45.0 Å². The summed E-state index contributed by atoms with van der Waals surface area (Å²) in [5.74, 6) is 0.924. The van der Waals surface area contributed by atoms with Gasteiger partial charge in [-0.15, -0.1) is 0 Å². The molecule has 0 saturated heterocycles. The number of hydrogen-bond acceptors (Lipinski definition) is 3. The lowest BCUT2D eigenvalue weighted by Gasteiger charge is -2.30. The molecule has 0 amide bonds. The Morgan fingerprint density at radius 3 is 2.42 bits per heavy atom. The maximum absolute atomic E-state index is 12.5. The highest BCUT2D eigenvalue weighted by molar-refractivity contribution is 5.89. The highest BCUT2D eigenvalue weighted by atomic mass is 16.5. The Kier molecular flexibility index (Phi) is 6.03. The summed E-state index contributed by atoms with van der Waals surface area (Å²) in [7, 11) is 1.63. The molecule has 3 heteroatoms. The van der Waals surface area contributed by atoms with Crippen molar-refractivity contribution >= 4 is 5.78 Å². The van der Waals surface area contributed by atoms with Gasteiger partial charge in [-0.25, -0.2) is 0 Å². The van der Waals surface area contributed by atoms with Gasteiger partial charge in [0.05, 0.1) is 7.11 Å². The van der Waals surface area contributed by atoms with E-state index in [1.165, 1.54) is 0 Å². The van der Waals surface area contributed by atoms with Crippen LogP contribution in [0.2, 0.25) is 0 Å². The Balaban J connectivity index is 2.86. The Hall–Kier alpha value is -1.35. The monoisotopic (exact) mass is 264 g/mol. The summed E-state index contributed by atoms with van der Waals surface area (Å²) in [6.07, 6.45) is 1.80. The zero-order valence-corrected chi connectivity index (χ0v) is 12.4. The van der Waals surface area contributed by atoms with Crippen molar-refractivity contribution in [3.63, 3.8) is 0 Å². The number of hydrogen-bond donors (Lipinski definition) is 0. The van der Waals surface area contributed by atoms with Crippen molar-refractivity contribution in [2.45, 2.75) is 45.6 Å². The third-order valence-electron chi connectivity index (χ3n) is 3.57. The van der Waals surface area contributed by atoms with Gasteiger partial charge in [-0.3, -0.25) is 4.79 Å². The molecule has 0 bridgehead atoms. The largest absolute Gasteiger partial charge is 0.497 e. The van der Waals surface area contributed by atoms with E-state index in [0.29, 0.717) is 25.9 Å². The molecular formula is C16H24O3. The first-order chi connectivity index (χ1) is 9.11. The van der Waals surface area contributed by atoms with Gasteiger partial charge in [0.2, 0.25) is 0 Å². The van der Waals surface area contributed by atoms with E-state index in [2.05, 4.69) is 0 Å². The average molecular weight is 264 g/mol. The summed E-state index contributed by atoms with van der Waals surface area (Å²) < 4.78 is 10.9. The van der Waals surface area contributed by atoms with Gasteiger partial charge in [0, 0.05) is 13.0 Å². The molecule has 0 fully saturated rings. The lowest BCUT2D eigenvalue weighted by atomic mass is 9.88. The van der Waals surface area contributed by atoms with Gasteiger partial charge in [0.15, 0.2) is 5.78 Å². The minimum Gasteiger partial charge on any atom is -0.497 e. The van der Waals surface area contributed by atoms with Gasteiger partial charge < -0.3 is 9.47 Å². The van der Waals surface area contributed by atoms with Crippen molar-refractivity contribution in [1.82, 2.24) is 0 Å². The van der Waals surface area contributed by atoms with Crippen LogP contribution in [0.25, 0.3) is 0 Å². The maximum atomic E-state index is 12.5. The molecule has 0 saturated carbocycles. The summed E-state index contributed by atoms with van der Waals surface area (Å²) in [5, 5.41) is 0. The highest BCUT2D eigenvalue weighted by Crippen LogP contribution is 2.24. The van der Waals surface area contributed by atoms with Crippen LogP contribution >= 0.6 is 0 Å². The van der Waals surface area contributed by atoms with Crippen LogP contribution in [0.5, 0.6) is 5.75 Å². The van der Waals surface area contributed by atoms with E-state index < -0.39 is 5.60 Å². The second-order valence-electron chi connectivity index (χ2n) is 4.59. The Morgan fingerprint density at radius 1 is 1.21 bits per heavy atom. The van der Waals surface area contributed by atoms with Gasteiger partial charge in [0.1, 0.15) is 11.4 Å². The predicted molar refractivity (Wildman–Crippen MR) is 76.6 cm³/mol. The second kappa shape index (κ2) is 7.29. The minimum atomic E-state index is -0.641. The van der Waals surface area contributed by atoms with Crippen LogP contribution in [0.15, 0.2) is 24.3 Å². The lowest BCUT2D eigenvalue weighted by Crippen LogP contribution is -2.41. The molecular weight excluding hydrogens is 240 g/mol. The molecule has 0 aliphatic rings. The third-order valence-corrected chi connectivity index (χ3v) is 3.57. The number of carbonyl (C=O) groups is 1. The molecule has 106 valence electrons. The van der Waals surface area contributed by atoms with Crippen molar-refractivity contribution in [3.05, 3.63) is 29.8 Å². The topological polar surface area (TPSA) is 35.5 Å². The number of rotatable bonds is 8. The van der Waals surface area contributed by atoms with Crippen LogP contribution in [0.3, 0.4) is 0 Å². The molecule has 1 aromatic rings. The Morgan fingerprint density at radius 2 is 1.89 bits per heavy atom. The molecule has 0 unspecified atom stereocenters. The molecule has 0 radical (unpaired) electrons. The summed E-state index contributed by atoms with van der Waals surface area (Å²) >= 11 is 0. The van der Waals surface area contributed by atoms with Gasteiger partial charge in [-0.1, -0.05) is 26.0 Å². The highest BCUT2D eigenvalue weighted by Gasteiger charge is 2.34. The molecule has 0 aliphatic heterocycles. The molecule has 1 rings (SSSR count). The van der Waals surface area contributed by atoms with E-state index in [4.69, 9.17) is 9.47 Å². The average Bonchev–Trinajstić information content (AvgIpc) is 2.45. The minimum absolute atomic E-state index is 0.146. The third kappa shape index (κ3) is 3.80. The molecule has 0 N–H and O–H groups in total. The number of ether oxygens (including phenoxy) is 2. The van der Waals surface area contributed by atoms with Gasteiger partial charge >= 0.3 is 0 Å². The Labute approximate surface area is 115 Å². The van der Waals surface area contributed by atoms with E-state index in [-0.39, 0.29) is 5.78 Å². The number of carbonyl (C=O) groups excluding carboxylic acids is 1. The molecule has 0 heterocycles. The van der Waals surface area contributed by atoms with Crippen molar-refractivity contribution < 1.29 is 14.3 Å². The number of methoxy groups -OCH3 is 1. The normalized spacial score (nSPS) is 11.4. The fourth-order valence-corrected chi connectivity index (χ4v) is 2.33. The van der Waals surface area contributed by atoms with E-state index in [1.54, 1.807) is 7.11 Å². The first kappa shape index (κ1) is 15.7. The summed E-state index contributed by atoms with van der Waals surface area (Å²) in [4.78, 5) is 12.5. The quantitative estimate of drug-likeness (QED) is 0.722. The summed E-state index contributed by atoms with van der Waals surface area (Å²) in [5.41, 5.74) is 0.327. The summed E-state index contributed by atoms with van der Waals surface area (Å²) in [6.45, 7) is 6.50. The fraction of sp³-hybridized carbons (Fsp3) is 0.562. The zero-order valence-electron chi connectivity index (χ0n) is 12.4. The van der Waals surface area contributed by atoms with Crippen LogP contribution in [-0.2, 0) is 16.0 Å². The molecule has 0 aliphatic carbocycles. The lowest BCUT2D eigenvalue weighted by molar-refractivity contribution is -0.144. The zero-order chi connectivity index (χ0) is 14.3. The van der Waals surface area contributed by atoms with Crippen LogP contribution in [-0.4, -0.2) is 25.1 Å². The van der Waals surface area contributed by atoms with Crippen molar-refractivity contribution in [2.75, 3.05) is 13.7 Å². The number of ketones is 1. The SMILES string of the molecule is CCOC(CC)(CC)C(=O)Cc1cccc(OC)c1. The molecule has 0 spiro atoms. The van der Waals surface area contributed by atoms with Crippen LogP contribution in [0, 0.1) is 0 Å². The van der Waals surface area contributed by atoms with Crippen LogP contribution < -0.4 is 4.74 Å². The first-order valence-electron chi connectivity index (χ1n) is 6.92. The van der Waals surface area contributed by atoms with Gasteiger partial charge in [0.25, 0.3) is 0 Å². The van der Waals surface area contributed by atoms with E-state index >= 15 is 0 Å². The maximum Gasteiger partial charge on any atom is 0.168 e. The molecule has 0 aromatic heterocycles. The predicted octanol–water partition coefficient (Wildman–Crippen LogP) is 3.40. The van der Waals surface area contributed by atoms with Gasteiger partial charge in [-0.2, -0.15) is 0 Å². The van der Waals surface area contributed by atoms with Crippen molar-refractivity contribution in [1.29, 1.82) is 0 Å². The van der Waals surface area contributed by atoms with Crippen LogP contribution in [0.4, 0.5) is 0 Å². The molecule has 3 nitrogen and oxygen atoms in total. The fourth-order valence-electron chi connectivity index (χ4n) is 2.33. The Bertz CT molecular complexity index is 408. The van der Waals surface area contributed by atoms with Crippen LogP contribution in [0.1, 0.15) is 39.2 Å². The second-order valence-corrected chi connectivity index (χ2v) is 4.59.